The molecule has 0 aliphatic rings. The fourth-order valence-corrected chi connectivity index (χ4v) is 3.83. The minimum atomic E-state index is -3.94. The van der Waals surface area contributed by atoms with Gasteiger partial charge in [0.05, 0.1) is 0 Å². The van der Waals surface area contributed by atoms with Gasteiger partial charge in [0.25, 0.3) is 15.0 Å². The van der Waals surface area contributed by atoms with Crippen LogP contribution in [0.25, 0.3) is 0 Å². The molecule has 0 N–H and O–H groups in total. The minimum Gasteiger partial charge on any atom is -0.443 e. The molecule has 21 heavy (non-hydrogen) atoms. The summed E-state index contributed by atoms with van der Waals surface area (Å²) in [6.07, 6.45) is 3.72. The topological polar surface area (TPSA) is 67.6 Å². The first-order chi connectivity index (χ1) is 9.81. The number of carbonyl (C=O) groups is 1. The first kappa shape index (κ1) is 18.5. The van der Waals surface area contributed by atoms with Crippen LogP contribution in [0.4, 0.5) is 0 Å². The van der Waals surface area contributed by atoms with Crippen molar-refractivity contribution in [3.05, 3.63) is 16.5 Å². The zero-order valence-corrected chi connectivity index (χ0v) is 15.2. The van der Waals surface area contributed by atoms with Crippen molar-refractivity contribution in [1.82, 2.24) is 4.90 Å². The molecular formula is C13H19BrClNO4S. The van der Waals surface area contributed by atoms with Gasteiger partial charge in [0.15, 0.2) is 10.4 Å². The zero-order valence-electron chi connectivity index (χ0n) is 12.1. The monoisotopic (exact) mass is 399 g/mol. The van der Waals surface area contributed by atoms with Crippen molar-refractivity contribution in [2.24, 2.45) is 0 Å². The van der Waals surface area contributed by atoms with E-state index in [4.69, 9.17) is 15.1 Å². The summed E-state index contributed by atoms with van der Waals surface area (Å²) in [5.41, 5.74) is 0. The molecule has 0 atom stereocenters. The lowest BCUT2D eigenvalue weighted by Crippen LogP contribution is -2.32. The van der Waals surface area contributed by atoms with E-state index in [1.807, 2.05) is 13.8 Å². The highest BCUT2D eigenvalue weighted by atomic mass is 79.9. The maximum absolute atomic E-state index is 12.4. The molecule has 0 saturated carbocycles. The number of amides is 1. The third-order valence-corrected chi connectivity index (χ3v) is 5.16. The van der Waals surface area contributed by atoms with E-state index in [-0.39, 0.29) is 21.2 Å². The molecule has 1 amide bonds. The number of rotatable bonds is 8. The van der Waals surface area contributed by atoms with Gasteiger partial charge in [-0.1, -0.05) is 26.7 Å². The summed E-state index contributed by atoms with van der Waals surface area (Å²) in [6, 6.07) is 1.17. The van der Waals surface area contributed by atoms with Gasteiger partial charge in [-0.2, -0.15) is 0 Å². The highest BCUT2D eigenvalue weighted by Crippen LogP contribution is 2.29. The Kier molecular flexibility index (Phi) is 7.23. The first-order valence-corrected chi connectivity index (χ1v) is 9.94. The van der Waals surface area contributed by atoms with Crippen molar-refractivity contribution in [3.63, 3.8) is 0 Å². The summed E-state index contributed by atoms with van der Waals surface area (Å²) in [5, 5.41) is 0. The molecule has 0 aromatic carbocycles. The van der Waals surface area contributed by atoms with Crippen molar-refractivity contribution < 1.29 is 17.6 Å². The molecule has 0 aliphatic carbocycles. The predicted molar refractivity (Wildman–Crippen MR) is 85.2 cm³/mol. The van der Waals surface area contributed by atoms with Crippen molar-refractivity contribution in [2.75, 3.05) is 13.1 Å². The van der Waals surface area contributed by atoms with E-state index in [9.17, 15) is 13.2 Å². The fraction of sp³-hybridized carbons (Fsp3) is 0.615. The van der Waals surface area contributed by atoms with Crippen LogP contribution in [0.1, 0.15) is 50.1 Å². The largest absolute Gasteiger partial charge is 0.443 e. The second kappa shape index (κ2) is 8.19. The summed E-state index contributed by atoms with van der Waals surface area (Å²) < 4.78 is 27.9. The number of carbonyl (C=O) groups excluding carboxylic acids is 1. The number of unbranched alkanes of at least 4 members (excludes halogenated alkanes) is 2. The maximum Gasteiger partial charge on any atom is 0.289 e. The van der Waals surface area contributed by atoms with Crippen LogP contribution in [0, 0.1) is 0 Å². The Balaban J connectivity index is 2.98. The van der Waals surface area contributed by atoms with E-state index in [1.165, 1.54) is 6.07 Å². The molecule has 120 valence electrons. The quantitative estimate of drug-likeness (QED) is 0.618. The van der Waals surface area contributed by atoms with Crippen LogP contribution in [-0.4, -0.2) is 32.3 Å². The van der Waals surface area contributed by atoms with Gasteiger partial charge in [-0.25, -0.2) is 8.42 Å². The van der Waals surface area contributed by atoms with E-state index in [2.05, 4.69) is 15.9 Å². The van der Waals surface area contributed by atoms with E-state index in [0.29, 0.717) is 13.1 Å². The lowest BCUT2D eigenvalue weighted by molar-refractivity contribution is 0.0717. The van der Waals surface area contributed by atoms with Gasteiger partial charge >= 0.3 is 0 Å². The average Bonchev–Trinajstić information content (AvgIpc) is 2.80. The van der Waals surface area contributed by atoms with E-state index in [0.717, 1.165) is 25.7 Å². The SMILES string of the molecule is CCCCN(CCCC)C(=O)c1cc(S(=O)(=O)Cl)c(Br)o1. The Hall–Kier alpha value is -0.530. The lowest BCUT2D eigenvalue weighted by Gasteiger charge is -2.21. The lowest BCUT2D eigenvalue weighted by atomic mass is 10.2. The third-order valence-electron chi connectivity index (χ3n) is 2.98. The molecule has 5 nitrogen and oxygen atoms in total. The van der Waals surface area contributed by atoms with Crippen LogP contribution in [0.5, 0.6) is 0 Å². The summed E-state index contributed by atoms with van der Waals surface area (Å²) in [7, 11) is 1.34. The van der Waals surface area contributed by atoms with Crippen LogP contribution in [0.3, 0.4) is 0 Å². The molecule has 0 spiro atoms. The zero-order chi connectivity index (χ0) is 16.0. The molecule has 0 bridgehead atoms. The number of halogens is 2. The van der Waals surface area contributed by atoms with Gasteiger partial charge in [0, 0.05) is 29.8 Å². The van der Waals surface area contributed by atoms with E-state index in [1.54, 1.807) is 4.90 Å². The Labute approximate surface area is 138 Å². The predicted octanol–water partition coefficient (Wildman–Crippen LogP) is 4.01. The maximum atomic E-state index is 12.4. The minimum absolute atomic E-state index is 0.0201. The van der Waals surface area contributed by atoms with Crippen molar-refractivity contribution >= 4 is 41.6 Å². The van der Waals surface area contributed by atoms with Crippen LogP contribution in [0.15, 0.2) is 20.0 Å². The second-order valence-corrected chi connectivity index (χ2v) is 7.94. The highest BCUT2D eigenvalue weighted by molar-refractivity contribution is 9.10. The number of furan rings is 1. The molecule has 0 radical (unpaired) electrons. The molecule has 8 heteroatoms. The van der Waals surface area contributed by atoms with Crippen molar-refractivity contribution in [1.29, 1.82) is 0 Å². The van der Waals surface area contributed by atoms with Gasteiger partial charge in [0.2, 0.25) is 0 Å². The van der Waals surface area contributed by atoms with Gasteiger partial charge in [0.1, 0.15) is 4.90 Å². The molecule has 1 aromatic heterocycles. The molecule has 1 heterocycles. The molecule has 0 saturated heterocycles. The Morgan fingerprint density at radius 1 is 1.29 bits per heavy atom. The van der Waals surface area contributed by atoms with Crippen LogP contribution in [-0.2, 0) is 9.05 Å². The van der Waals surface area contributed by atoms with Crippen LogP contribution in [0.2, 0.25) is 0 Å². The Morgan fingerprint density at radius 3 is 2.19 bits per heavy atom. The standard InChI is InChI=1S/C13H19BrClNO4S/c1-3-5-7-16(8-6-4-2)13(17)10-9-11(12(14)20-10)21(15,18)19/h9H,3-8H2,1-2H3. The van der Waals surface area contributed by atoms with Crippen LogP contribution < -0.4 is 0 Å². The summed E-state index contributed by atoms with van der Waals surface area (Å²) in [6.45, 7) is 5.33. The van der Waals surface area contributed by atoms with Gasteiger partial charge < -0.3 is 9.32 Å². The second-order valence-electron chi connectivity index (χ2n) is 4.69. The summed E-state index contributed by atoms with van der Waals surface area (Å²) in [5.74, 6) is -0.336. The third kappa shape index (κ3) is 5.30. The normalized spacial score (nSPS) is 11.6. The molecular weight excluding hydrogens is 382 g/mol. The molecule has 0 unspecified atom stereocenters. The van der Waals surface area contributed by atoms with E-state index < -0.39 is 9.05 Å². The number of hydrogen-bond donors (Lipinski definition) is 0. The number of hydrogen-bond acceptors (Lipinski definition) is 4. The smallest absolute Gasteiger partial charge is 0.289 e. The fourth-order valence-electron chi connectivity index (χ4n) is 1.79. The Bertz CT molecular complexity index is 577. The molecule has 1 rings (SSSR count). The number of nitrogens with zero attached hydrogens (tertiary/aromatic N) is 1. The van der Waals surface area contributed by atoms with Crippen molar-refractivity contribution in [2.45, 2.75) is 44.4 Å². The molecule has 1 aromatic rings. The summed E-state index contributed by atoms with van der Waals surface area (Å²) >= 11 is 2.97. The average molecular weight is 401 g/mol. The van der Waals surface area contributed by atoms with Gasteiger partial charge in [-0.05, 0) is 28.8 Å². The van der Waals surface area contributed by atoms with Crippen LogP contribution >= 0.6 is 26.6 Å². The molecule has 0 aliphatic heterocycles. The molecule has 0 fully saturated rings. The van der Waals surface area contributed by atoms with Gasteiger partial charge in [-0.15, -0.1) is 0 Å². The Morgan fingerprint density at radius 2 is 1.81 bits per heavy atom. The highest BCUT2D eigenvalue weighted by Gasteiger charge is 2.25. The van der Waals surface area contributed by atoms with Gasteiger partial charge in [-0.3, -0.25) is 4.79 Å². The first-order valence-electron chi connectivity index (χ1n) is 6.84. The van der Waals surface area contributed by atoms with E-state index >= 15 is 0 Å². The van der Waals surface area contributed by atoms with Crippen molar-refractivity contribution in [3.8, 4) is 0 Å². The summed E-state index contributed by atoms with van der Waals surface area (Å²) in [4.78, 5) is 13.9.